The maximum atomic E-state index is 15.4. The minimum absolute atomic E-state index is 0.195. The highest BCUT2D eigenvalue weighted by Crippen LogP contribution is 2.70. The number of imide groups is 1. The largest absolute Gasteiger partial charge is 0.508 e. The number of carbonyl (C=O) groups is 2. The normalized spacial score (nSPS) is 26.4. The van der Waals surface area contributed by atoms with Crippen LogP contribution in [0.2, 0.25) is 0 Å². The average molecular weight is 811 g/mol. The molecule has 0 bridgehead atoms. The van der Waals surface area contributed by atoms with Gasteiger partial charge in [0.15, 0.2) is 0 Å². The lowest BCUT2D eigenvalue weighted by atomic mass is 9.84. The fraction of sp³-hybridized carbons (Fsp3) is 0.447. The van der Waals surface area contributed by atoms with Crippen molar-refractivity contribution in [1.29, 1.82) is 0 Å². The lowest BCUT2D eigenvalue weighted by molar-refractivity contribution is -0.133. The van der Waals surface area contributed by atoms with E-state index in [0.717, 1.165) is 64.1 Å². The van der Waals surface area contributed by atoms with E-state index in [1.807, 2.05) is 54.6 Å². The first kappa shape index (κ1) is 40.7. The number of carbonyl (C=O) groups excluding carboxylic acids is 2. The van der Waals surface area contributed by atoms with Crippen molar-refractivity contribution < 1.29 is 37.3 Å². The summed E-state index contributed by atoms with van der Waals surface area (Å²) in [5.74, 6) is -2.87. The Morgan fingerprint density at radius 2 is 1.59 bits per heavy atom. The van der Waals surface area contributed by atoms with Crippen LogP contribution < -0.4 is 20.3 Å². The summed E-state index contributed by atoms with van der Waals surface area (Å²) < 4.78 is 56.8. The number of phenols is 1. The third kappa shape index (κ3) is 8.80. The van der Waals surface area contributed by atoms with E-state index in [1.165, 1.54) is 11.6 Å². The zero-order chi connectivity index (χ0) is 41.0. The number of phenolic OH excluding ortho intramolecular Hbond substituents is 1. The minimum atomic E-state index is -2.76. The Bertz CT molecular complexity index is 2050. The number of fused-ring (bicyclic) bond motifs is 2. The summed E-state index contributed by atoms with van der Waals surface area (Å²) in [7, 11) is 0. The number of anilines is 2. The second-order valence-electron chi connectivity index (χ2n) is 16.8. The number of hydrogen-bond donors (Lipinski definition) is 3. The van der Waals surface area contributed by atoms with Gasteiger partial charge in [-0.15, -0.1) is 0 Å². The van der Waals surface area contributed by atoms with Crippen LogP contribution in [0.25, 0.3) is 0 Å². The summed E-state index contributed by atoms with van der Waals surface area (Å²) >= 11 is 0. The van der Waals surface area contributed by atoms with Gasteiger partial charge >= 0.3 is 0 Å². The van der Waals surface area contributed by atoms with E-state index >= 15 is 8.78 Å². The molecule has 4 unspecified atom stereocenters. The molecular weight excluding hydrogens is 758 g/mol. The molecule has 4 atom stereocenters. The second-order valence-corrected chi connectivity index (χ2v) is 16.8. The topological polar surface area (TPSA) is 103 Å². The highest BCUT2D eigenvalue weighted by Gasteiger charge is 2.81. The Balaban J connectivity index is 0.000000234. The molecule has 4 aromatic carbocycles. The number of amides is 2. The number of benzene rings is 4. The lowest BCUT2D eigenvalue weighted by Crippen LogP contribution is -2.47. The van der Waals surface area contributed by atoms with E-state index in [2.05, 4.69) is 20.4 Å². The van der Waals surface area contributed by atoms with Crippen LogP contribution in [0.5, 0.6) is 11.5 Å². The first-order valence-corrected chi connectivity index (χ1v) is 20.9. The number of ether oxygens (including phenoxy) is 2. The fourth-order valence-electron chi connectivity index (χ4n) is 9.77. The molecule has 6 aliphatic rings. The van der Waals surface area contributed by atoms with Crippen LogP contribution in [0, 0.1) is 17.7 Å². The van der Waals surface area contributed by atoms with Crippen molar-refractivity contribution in [2.45, 2.75) is 74.3 Å². The number of piperidine rings is 3. The van der Waals surface area contributed by atoms with Crippen LogP contribution in [0.15, 0.2) is 103 Å². The summed E-state index contributed by atoms with van der Waals surface area (Å²) in [6.07, 6.45) is 5.84. The van der Waals surface area contributed by atoms with Gasteiger partial charge in [-0.3, -0.25) is 14.9 Å². The van der Waals surface area contributed by atoms with E-state index < -0.39 is 23.3 Å². The Kier molecular flexibility index (Phi) is 11.9. The third-order valence-electron chi connectivity index (χ3n) is 13.0. The van der Waals surface area contributed by atoms with Crippen molar-refractivity contribution in [2.75, 3.05) is 56.2 Å². The maximum absolute atomic E-state index is 15.4. The molecule has 59 heavy (non-hydrogen) atoms. The monoisotopic (exact) mass is 810 g/mol. The molecule has 9 nitrogen and oxygen atoms in total. The SMILES string of the molecule is O=C1CCC(Nc2ccc(C34CCN(CC5COC6(CCN(c7ccccc7F)CC6)C5)CC3C4(F)F)cc2)C(=O)N1.Oc1ccc2c(c1)OCCC2.c1ccccc1. The third-order valence-corrected chi connectivity index (χ3v) is 13.0. The molecule has 12 heteroatoms. The maximum Gasteiger partial charge on any atom is 0.263 e. The van der Waals surface area contributed by atoms with Crippen LogP contribution in [0.1, 0.15) is 56.1 Å². The molecule has 2 amide bonds. The number of alkyl halides is 2. The molecule has 10 rings (SSSR count). The summed E-state index contributed by atoms with van der Waals surface area (Å²) in [6.45, 7) is 4.66. The summed E-state index contributed by atoms with van der Waals surface area (Å²) in [4.78, 5) is 27.8. The fourth-order valence-corrected chi connectivity index (χ4v) is 9.77. The molecule has 1 saturated carbocycles. The van der Waals surface area contributed by atoms with E-state index in [-0.39, 0.29) is 35.4 Å². The number of aromatic hydroxyl groups is 1. The van der Waals surface area contributed by atoms with Crippen LogP contribution in [-0.4, -0.2) is 85.3 Å². The molecule has 3 N–H and O–H groups in total. The predicted octanol–water partition coefficient (Wildman–Crippen LogP) is 7.73. The molecule has 0 radical (unpaired) electrons. The molecule has 1 spiro atoms. The van der Waals surface area contributed by atoms with Gasteiger partial charge in [-0.25, -0.2) is 13.2 Å². The van der Waals surface area contributed by atoms with E-state index in [1.54, 1.807) is 42.5 Å². The van der Waals surface area contributed by atoms with Gasteiger partial charge in [-0.1, -0.05) is 66.7 Å². The molecule has 4 aromatic rings. The Labute approximate surface area is 343 Å². The van der Waals surface area contributed by atoms with E-state index in [4.69, 9.17) is 14.6 Å². The molecule has 1 aliphatic carbocycles. The first-order chi connectivity index (χ1) is 28.5. The van der Waals surface area contributed by atoms with Crippen molar-refractivity contribution in [3.63, 3.8) is 0 Å². The van der Waals surface area contributed by atoms with Gasteiger partial charge in [0.05, 0.1) is 35.8 Å². The Morgan fingerprint density at radius 1 is 0.864 bits per heavy atom. The number of likely N-dealkylation sites (tertiary alicyclic amines) is 1. The lowest BCUT2D eigenvalue weighted by Gasteiger charge is -2.40. The number of aryl methyl sites for hydroxylation is 1. The Morgan fingerprint density at radius 3 is 2.29 bits per heavy atom. The summed E-state index contributed by atoms with van der Waals surface area (Å²) in [5.41, 5.74) is 1.84. The molecule has 5 fully saturated rings. The molecule has 312 valence electrons. The zero-order valence-electron chi connectivity index (χ0n) is 33.3. The molecule has 5 heterocycles. The molecular formula is C47H53F3N4O5. The number of para-hydroxylation sites is 1. The van der Waals surface area contributed by atoms with Crippen LogP contribution in [-0.2, 0) is 26.2 Å². The minimum Gasteiger partial charge on any atom is -0.508 e. The van der Waals surface area contributed by atoms with Crippen molar-refractivity contribution >= 4 is 23.2 Å². The van der Waals surface area contributed by atoms with Crippen LogP contribution >= 0.6 is 0 Å². The average Bonchev–Trinajstić information content (AvgIpc) is 3.50. The number of hydrogen-bond acceptors (Lipinski definition) is 8. The van der Waals surface area contributed by atoms with Gasteiger partial charge < -0.3 is 29.7 Å². The van der Waals surface area contributed by atoms with E-state index in [0.29, 0.717) is 55.4 Å². The molecule has 5 aliphatic heterocycles. The quantitative estimate of drug-likeness (QED) is 0.170. The highest BCUT2D eigenvalue weighted by molar-refractivity contribution is 6.01. The van der Waals surface area contributed by atoms with E-state index in [9.17, 15) is 14.0 Å². The first-order valence-electron chi connectivity index (χ1n) is 20.9. The van der Waals surface area contributed by atoms with Gasteiger partial charge in [0, 0.05) is 44.4 Å². The van der Waals surface area contributed by atoms with Crippen molar-refractivity contribution in [3.05, 3.63) is 120 Å². The van der Waals surface area contributed by atoms with Gasteiger partial charge in [-0.05, 0) is 98.9 Å². The number of rotatable bonds is 6. The summed E-state index contributed by atoms with van der Waals surface area (Å²) in [5, 5.41) is 14.6. The van der Waals surface area contributed by atoms with Gasteiger partial charge in [0.25, 0.3) is 5.92 Å². The predicted molar refractivity (Wildman–Crippen MR) is 220 cm³/mol. The smallest absolute Gasteiger partial charge is 0.263 e. The zero-order valence-corrected chi connectivity index (χ0v) is 33.3. The number of nitrogens with one attached hydrogen (secondary N) is 2. The van der Waals surface area contributed by atoms with Crippen LogP contribution in [0.4, 0.5) is 24.5 Å². The van der Waals surface area contributed by atoms with Crippen molar-refractivity contribution in [3.8, 4) is 11.5 Å². The summed E-state index contributed by atoms with van der Waals surface area (Å²) in [6, 6.07) is 30.7. The van der Waals surface area contributed by atoms with Crippen LogP contribution in [0.3, 0.4) is 0 Å². The van der Waals surface area contributed by atoms with Crippen molar-refractivity contribution in [1.82, 2.24) is 10.2 Å². The Hall–Kier alpha value is -5.07. The number of halogens is 3. The van der Waals surface area contributed by atoms with Gasteiger partial charge in [-0.2, -0.15) is 0 Å². The number of nitrogens with zero attached hydrogens (tertiary/aromatic N) is 2. The molecule has 4 saturated heterocycles. The second kappa shape index (κ2) is 17.3. The van der Waals surface area contributed by atoms with Gasteiger partial charge in [0.1, 0.15) is 23.4 Å². The highest BCUT2D eigenvalue weighted by atomic mass is 19.3. The van der Waals surface area contributed by atoms with Gasteiger partial charge in [0.2, 0.25) is 11.8 Å². The standard InChI is InChI=1S/C32H37F3N4O3.C9H10O2.C6H6/c33-24-3-1-2-4-26(24)39-15-11-30(12-16-39)17-21(20-42-30)18-38-14-13-31(27(19-38)32(31,34)35)22-5-7-23(8-6-22)36-25-9-10-28(40)37-29(25)41;10-8-4-3-7-2-1-5-11-9(7)6-8;1-2-4-6-5-3-1/h1-8,21,25,27,36H,9-20H2,(H,37,40,41);3-4,6,10H,1-2,5H2;1-6H. The molecule has 0 aromatic heterocycles. The van der Waals surface area contributed by atoms with Crippen molar-refractivity contribution in [2.24, 2.45) is 11.8 Å².